The highest BCUT2D eigenvalue weighted by atomic mass is 35.5. The number of piperidine rings is 1. The molecule has 3 aromatic rings. The van der Waals surface area contributed by atoms with Gasteiger partial charge in [-0.2, -0.15) is 0 Å². The van der Waals surface area contributed by atoms with Crippen molar-refractivity contribution in [2.75, 3.05) is 19.6 Å². The van der Waals surface area contributed by atoms with Crippen molar-refractivity contribution in [3.05, 3.63) is 56.0 Å². The molecule has 0 bridgehead atoms. The molecule has 39 heavy (non-hydrogen) atoms. The zero-order chi connectivity index (χ0) is 28.3. The van der Waals surface area contributed by atoms with Crippen LogP contribution in [0.1, 0.15) is 61.1 Å². The van der Waals surface area contributed by atoms with Crippen LogP contribution in [0.15, 0.2) is 38.6 Å². The number of carbonyl (C=O) groups is 1. The maximum Gasteiger partial charge on any atom is 0.281 e. The lowest BCUT2D eigenvalue weighted by atomic mass is 10.0. The number of nitrogens with zero attached hydrogens (tertiary/aromatic N) is 4. The number of thiazole rings is 1. The molecule has 0 radical (unpaired) electrons. The normalized spacial score (nSPS) is 17.0. The average molecular weight is 584 g/mol. The molecular weight excluding hydrogens is 555 g/mol. The molecule has 13 heteroatoms. The fourth-order valence-electron chi connectivity index (χ4n) is 4.67. The molecule has 0 spiro atoms. The van der Waals surface area contributed by atoms with Crippen LogP contribution in [0.5, 0.6) is 5.75 Å². The Morgan fingerprint density at radius 2 is 2.08 bits per heavy atom. The first-order chi connectivity index (χ1) is 18.6. The third-order valence-corrected chi connectivity index (χ3v) is 7.71. The monoisotopic (exact) mass is 583 g/mol. The van der Waals surface area contributed by atoms with Crippen molar-refractivity contribution >= 4 is 39.9 Å². The fourth-order valence-corrected chi connectivity index (χ4v) is 5.77. The van der Waals surface area contributed by atoms with Crippen LogP contribution in [-0.2, 0) is 4.79 Å². The zero-order valence-electron chi connectivity index (χ0n) is 21.9. The number of nitrogens with one attached hydrogen (secondary N) is 1. The van der Waals surface area contributed by atoms with Gasteiger partial charge in [0.2, 0.25) is 0 Å². The Labute approximate surface area is 232 Å². The Balaban J connectivity index is 1.51. The van der Waals surface area contributed by atoms with Crippen LogP contribution in [0.2, 0.25) is 0 Å². The van der Waals surface area contributed by atoms with E-state index in [1.165, 1.54) is 19.4 Å². The molecule has 3 aromatic heterocycles. The van der Waals surface area contributed by atoms with Crippen molar-refractivity contribution in [1.29, 1.82) is 0 Å². The van der Waals surface area contributed by atoms with Crippen LogP contribution in [-0.4, -0.2) is 51.7 Å². The highest BCUT2D eigenvalue weighted by Crippen LogP contribution is 2.36. The van der Waals surface area contributed by atoms with Gasteiger partial charge in [-0.3, -0.25) is 9.69 Å². The predicted octanol–water partition coefficient (Wildman–Crippen LogP) is 6.32. The second-order valence-corrected chi connectivity index (χ2v) is 10.7. The number of aromatic nitrogens is 3. The standard InChI is InChI=1S/C26H29ClF3N5O3S/c1-5-17(28)20(14(3)27)25(36)31-11-18(23-22(24(29)30)32-12-39-23)35-8-6-16(7-9-35)37-19-10-13(2)33-26-21(19)15(4)34-38-26/h5,10,12,16,18,24H,6-9,11H2,1-4H3,(H,31,36)/b17-5+,20-14-. The molecule has 1 saturated heterocycles. The van der Waals surface area contributed by atoms with Crippen LogP contribution in [0.4, 0.5) is 13.2 Å². The SMILES string of the molecule is C/C=C(F)\C(C(=O)NCC(c1scnc1C(F)F)N1CCC(Oc2cc(C)nc3onc(C)c23)CC1)=C(/C)Cl. The first kappa shape index (κ1) is 29.0. The van der Waals surface area contributed by atoms with E-state index in [0.717, 1.165) is 28.5 Å². The number of amides is 1. The summed E-state index contributed by atoms with van der Waals surface area (Å²) in [5.41, 5.74) is 2.59. The van der Waals surface area contributed by atoms with Gasteiger partial charge in [0.25, 0.3) is 18.0 Å². The zero-order valence-corrected chi connectivity index (χ0v) is 23.5. The number of halogens is 4. The minimum Gasteiger partial charge on any atom is -0.489 e. The smallest absolute Gasteiger partial charge is 0.281 e. The van der Waals surface area contributed by atoms with Gasteiger partial charge in [0.05, 0.1) is 27.7 Å². The first-order valence-corrected chi connectivity index (χ1v) is 13.7. The van der Waals surface area contributed by atoms with Gasteiger partial charge in [-0.05, 0) is 40.5 Å². The number of allylic oxidation sites excluding steroid dienone is 2. The summed E-state index contributed by atoms with van der Waals surface area (Å²) in [6, 6.07) is 1.25. The van der Waals surface area contributed by atoms with Crippen molar-refractivity contribution in [2.45, 2.75) is 59.1 Å². The van der Waals surface area contributed by atoms with Crippen LogP contribution >= 0.6 is 22.9 Å². The highest BCUT2D eigenvalue weighted by molar-refractivity contribution is 7.09. The second kappa shape index (κ2) is 12.5. The molecule has 0 aliphatic carbocycles. The molecule has 210 valence electrons. The molecule has 1 amide bonds. The van der Waals surface area contributed by atoms with E-state index in [0.29, 0.717) is 48.0 Å². The number of carbonyl (C=O) groups excluding carboxylic acids is 1. The lowest BCUT2D eigenvalue weighted by molar-refractivity contribution is -0.117. The summed E-state index contributed by atoms with van der Waals surface area (Å²) in [5.74, 6) is -0.836. The summed E-state index contributed by atoms with van der Waals surface area (Å²) in [4.78, 5) is 23.4. The van der Waals surface area contributed by atoms with E-state index in [9.17, 15) is 18.0 Å². The Hall–Kier alpha value is -2.96. The fraction of sp³-hybridized carbons (Fsp3) is 0.462. The number of alkyl halides is 2. The summed E-state index contributed by atoms with van der Waals surface area (Å²) >= 11 is 7.07. The van der Waals surface area contributed by atoms with E-state index in [1.54, 1.807) is 0 Å². The molecule has 1 aliphatic heterocycles. The lowest BCUT2D eigenvalue weighted by Crippen LogP contribution is -2.44. The Morgan fingerprint density at radius 3 is 2.72 bits per heavy atom. The van der Waals surface area contributed by atoms with Gasteiger partial charge in [-0.25, -0.2) is 23.1 Å². The largest absolute Gasteiger partial charge is 0.489 e. The molecule has 1 N–H and O–H groups in total. The molecule has 1 unspecified atom stereocenters. The van der Waals surface area contributed by atoms with E-state index >= 15 is 0 Å². The van der Waals surface area contributed by atoms with Gasteiger partial charge in [-0.1, -0.05) is 22.8 Å². The maximum atomic E-state index is 14.3. The van der Waals surface area contributed by atoms with E-state index in [-0.39, 0.29) is 28.9 Å². The van der Waals surface area contributed by atoms with E-state index in [2.05, 4.69) is 20.4 Å². The quantitative estimate of drug-likeness (QED) is 0.233. The van der Waals surface area contributed by atoms with Crippen molar-refractivity contribution < 1.29 is 27.2 Å². The van der Waals surface area contributed by atoms with Gasteiger partial charge >= 0.3 is 0 Å². The van der Waals surface area contributed by atoms with Crippen molar-refractivity contribution in [3.63, 3.8) is 0 Å². The van der Waals surface area contributed by atoms with Gasteiger partial charge in [0.1, 0.15) is 28.8 Å². The molecule has 1 fully saturated rings. The molecule has 0 saturated carbocycles. The number of likely N-dealkylation sites (tertiary alicyclic amines) is 1. The minimum atomic E-state index is -2.77. The molecule has 4 heterocycles. The number of pyridine rings is 1. The molecule has 1 atom stereocenters. The predicted molar refractivity (Wildman–Crippen MR) is 143 cm³/mol. The highest BCUT2D eigenvalue weighted by Gasteiger charge is 2.33. The van der Waals surface area contributed by atoms with E-state index in [1.807, 2.05) is 24.8 Å². The Kier molecular flexibility index (Phi) is 9.29. The van der Waals surface area contributed by atoms with Crippen LogP contribution in [0, 0.1) is 13.8 Å². The summed E-state index contributed by atoms with van der Waals surface area (Å²) in [6.45, 7) is 7.54. The summed E-state index contributed by atoms with van der Waals surface area (Å²) in [6.07, 6.45) is -0.543. The Bertz CT molecular complexity index is 1390. The average Bonchev–Trinajstić information content (AvgIpc) is 3.52. The Morgan fingerprint density at radius 1 is 1.36 bits per heavy atom. The summed E-state index contributed by atoms with van der Waals surface area (Å²) < 4.78 is 53.4. The summed E-state index contributed by atoms with van der Waals surface area (Å²) in [5, 5.41) is 7.39. The van der Waals surface area contributed by atoms with Gasteiger partial charge in [0, 0.05) is 36.4 Å². The number of rotatable bonds is 9. The summed E-state index contributed by atoms with van der Waals surface area (Å²) in [7, 11) is 0. The van der Waals surface area contributed by atoms with Gasteiger partial charge in [0.15, 0.2) is 0 Å². The van der Waals surface area contributed by atoms with Crippen molar-refractivity contribution in [1.82, 2.24) is 25.3 Å². The van der Waals surface area contributed by atoms with Crippen molar-refractivity contribution in [3.8, 4) is 5.75 Å². The molecule has 4 rings (SSSR count). The van der Waals surface area contributed by atoms with E-state index < -0.39 is 24.2 Å². The third kappa shape index (κ3) is 6.44. The lowest BCUT2D eigenvalue weighted by Gasteiger charge is -2.37. The van der Waals surface area contributed by atoms with Crippen LogP contribution in [0.3, 0.4) is 0 Å². The molecule has 1 aliphatic rings. The first-order valence-electron chi connectivity index (χ1n) is 12.4. The van der Waals surface area contributed by atoms with Crippen LogP contribution < -0.4 is 10.1 Å². The number of aryl methyl sites for hydroxylation is 2. The number of hydrogen-bond acceptors (Lipinski definition) is 8. The van der Waals surface area contributed by atoms with Gasteiger partial charge in [-0.15, -0.1) is 11.3 Å². The van der Waals surface area contributed by atoms with Crippen molar-refractivity contribution in [2.24, 2.45) is 0 Å². The topological polar surface area (TPSA) is 93.4 Å². The third-order valence-electron chi connectivity index (χ3n) is 6.57. The molecular formula is C26H29ClF3N5O3S. The number of ether oxygens (including phenoxy) is 1. The molecule has 0 aromatic carbocycles. The molecule has 8 nitrogen and oxygen atoms in total. The van der Waals surface area contributed by atoms with Crippen LogP contribution in [0.25, 0.3) is 11.1 Å². The van der Waals surface area contributed by atoms with Gasteiger partial charge < -0.3 is 14.6 Å². The number of fused-ring (bicyclic) bond motifs is 1. The maximum absolute atomic E-state index is 14.3. The minimum absolute atomic E-state index is 0.00723. The number of hydrogen-bond donors (Lipinski definition) is 1. The van der Waals surface area contributed by atoms with E-state index in [4.69, 9.17) is 20.9 Å². The second-order valence-electron chi connectivity index (χ2n) is 9.24.